The lowest BCUT2D eigenvalue weighted by Crippen LogP contribution is -1.89. The molecule has 2 aromatic carbocycles. The Kier molecular flexibility index (Phi) is 10.1. The van der Waals surface area contributed by atoms with Gasteiger partial charge in [-0.25, -0.2) is 4.98 Å². The summed E-state index contributed by atoms with van der Waals surface area (Å²) in [5.74, 6) is 0. The molecule has 0 aliphatic heterocycles. The highest BCUT2D eigenvalue weighted by molar-refractivity contribution is 7.21. The number of para-hydroxylation sites is 1. The monoisotopic (exact) mass is 316 g/mol. The second kappa shape index (κ2) is 10.9. The van der Waals surface area contributed by atoms with Crippen molar-refractivity contribution in [3.8, 4) is 10.6 Å². The van der Waals surface area contributed by atoms with Gasteiger partial charge in [0.05, 0.1) is 10.2 Å². The van der Waals surface area contributed by atoms with E-state index in [1.54, 1.807) is 11.3 Å². The summed E-state index contributed by atoms with van der Waals surface area (Å²) in [5.41, 5.74) is 3.61. The first kappa shape index (κ1) is 20.3. The van der Waals surface area contributed by atoms with Gasteiger partial charge in [0.25, 0.3) is 0 Å². The van der Waals surface area contributed by atoms with Crippen LogP contribution in [0.25, 0.3) is 20.8 Å². The van der Waals surface area contributed by atoms with Crippen molar-refractivity contribution < 1.29 is 0 Å². The van der Waals surface area contributed by atoms with Gasteiger partial charge in [0.15, 0.2) is 0 Å². The Morgan fingerprint density at radius 2 is 1.45 bits per heavy atom. The average molecular weight is 317 g/mol. The highest BCUT2D eigenvalue weighted by Crippen LogP contribution is 2.31. The molecule has 0 bridgehead atoms. The Hall–Kier alpha value is -1.71. The number of nitrogens with one attached hydrogen (secondary N) is 1. The normalized spacial score (nSPS) is 8.95. The van der Waals surface area contributed by atoms with Crippen molar-refractivity contribution in [1.29, 1.82) is 0 Å². The maximum absolute atomic E-state index is 4.66. The molecule has 3 heteroatoms. The molecule has 0 aliphatic carbocycles. The summed E-state index contributed by atoms with van der Waals surface area (Å²) in [5, 5.41) is 3.86. The van der Waals surface area contributed by atoms with E-state index in [9.17, 15) is 0 Å². The SMILES string of the molecule is C.CC.CNC.Cc1ccccc1-c1nc2ccccc2s1. The smallest absolute Gasteiger partial charge is 0.124 e. The zero-order valence-corrected chi connectivity index (χ0v) is 14.3. The number of fused-ring (bicyclic) bond motifs is 1. The largest absolute Gasteiger partial charge is 0.323 e. The summed E-state index contributed by atoms with van der Waals surface area (Å²) >= 11 is 1.75. The fourth-order valence-electron chi connectivity index (χ4n) is 1.80. The molecule has 3 aromatic rings. The molecule has 1 aromatic heterocycles. The van der Waals surface area contributed by atoms with E-state index in [0.29, 0.717) is 0 Å². The first-order valence-corrected chi connectivity index (χ1v) is 8.08. The van der Waals surface area contributed by atoms with Crippen LogP contribution in [0.4, 0.5) is 0 Å². The lowest BCUT2D eigenvalue weighted by atomic mass is 10.1. The van der Waals surface area contributed by atoms with E-state index in [1.807, 2.05) is 34.0 Å². The van der Waals surface area contributed by atoms with Gasteiger partial charge in [-0.15, -0.1) is 11.3 Å². The zero-order valence-electron chi connectivity index (χ0n) is 13.5. The summed E-state index contributed by atoms with van der Waals surface area (Å²) in [6, 6.07) is 16.7. The molecule has 0 amide bonds. The first-order chi connectivity index (χ1) is 10.3. The van der Waals surface area contributed by atoms with E-state index in [2.05, 4.69) is 59.7 Å². The summed E-state index contributed by atoms with van der Waals surface area (Å²) in [7, 11) is 3.75. The third-order valence-electron chi connectivity index (χ3n) is 2.67. The number of aromatic nitrogens is 1. The van der Waals surface area contributed by atoms with Crippen molar-refractivity contribution in [2.24, 2.45) is 0 Å². The van der Waals surface area contributed by atoms with Crippen LogP contribution < -0.4 is 5.32 Å². The molecule has 3 rings (SSSR count). The highest BCUT2D eigenvalue weighted by atomic mass is 32.1. The van der Waals surface area contributed by atoms with Crippen LogP contribution in [-0.4, -0.2) is 19.1 Å². The van der Waals surface area contributed by atoms with Crippen molar-refractivity contribution in [3.63, 3.8) is 0 Å². The van der Waals surface area contributed by atoms with Crippen LogP contribution in [0.3, 0.4) is 0 Å². The third kappa shape index (κ3) is 5.24. The number of thiazole rings is 1. The molecule has 1 N–H and O–H groups in total. The van der Waals surface area contributed by atoms with Crippen LogP contribution in [0.15, 0.2) is 48.5 Å². The molecular formula is C19H28N2S. The fourth-order valence-corrected chi connectivity index (χ4v) is 2.86. The molecule has 0 radical (unpaired) electrons. The summed E-state index contributed by atoms with van der Waals surface area (Å²) in [6.45, 7) is 6.13. The molecule has 0 fully saturated rings. The van der Waals surface area contributed by atoms with Crippen molar-refractivity contribution in [1.82, 2.24) is 10.3 Å². The van der Waals surface area contributed by atoms with Crippen molar-refractivity contribution in [3.05, 3.63) is 54.1 Å². The molecule has 22 heavy (non-hydrogen) atoms. The van der Waals surface area contributed by atoms with Crippen molar-refractivity contribution in [2.45, 2.75) is 28.2 Å². The zero-order chi connectivity index (χ0) is 15.7. The number of benzene rings is 2. The number of rotatable bonds is 1. The van der Waals surface area contributed by atoms with Gasteiger partial charge in [-0.2, -0.15) is 0 Å². The molecule has 0 spiro atoms. The van der Waals surface area contributed by atoms with Gasteiger partial charge < -0.3 is 5.32 Å². The van der Waals surface area contributed by atoms with Crippen LogP contribution in [-0.2, 0) is 0 Å². The standard InChI is InChI=1S/C14H11NS.C2H7N.C2H6.CH4/c1-10-6-2-3-7-11(10)14-15-12-8-4-5-9-13(12)16-14;1-3-2;1-2;/h2-9H,1H3;3H,1-2H3;1-2H3;1H4. The lowest BCUT2D eigenvalue weighted by Gasteiger charge is -1.99. The van der Waals surface area contributed by atoms with E-state index in [-0.39, 0.29) is 7.43 Å². The van der Waals surface area contributed by atoms with Crippen molar-refractivity contribution >= 4 is 21.6 Å². The van der Waals surface area contributed by atoms with E-state index in [4.69, 9.17) is 0 Å². The first-order valence-electron chi connectivity index (χ1n) is 7.26. The van der Waals surface area contributed by atoms with E-state index in [1.165, 1.54) is 15.8 Å². The minimum Gasteiger partial charge on any atom is -0.323 e. The van der Waals surface area contributed by atoms with Gasteiger partial charge in [0.1, 0.15) is 5.01 Å². The summed E-state index contributed by atoms with van der Waals surface area (Å²) < 4.78 is 1.25. The number of hydrogen-bond acceptors (Lipinski definition) is 3. The Balaban J connectivity index is 0.000000663. The van der Waals surface area contributed by atoms with Gasteiger partial charge in [0, 0.05) is 5.56 Å². The molecule has 0 aliphatic rings. The minimum absolute atomic E-state index is 0. The van der Waals surface area contributed by atoms with Crippen molar-refractivity contribution in [2.75, 3.05) is 14.1 Å². The Morgan fingerprint density at radius 1 is 0.909 bits per heavy atom. The molecule has 0 saturated carbocycles. The number of nitrogens with zero attached hydrogens (tertiary/aromatic N) is 1. The molecule has 0 unspecified atom stereocenters. The van der Waals surface area contributed by atoms with E-state index < -0.39 is 0 Å². The van der Waals surface area contributed by atoms with E-state index >= 15 is 0 Å². The van der Waals surface area contributed by atoms with Crippen LogP contribution in [0, 0.1) is 6.92 Å². The molecule has 1 heterocycles. The molecule has 2 nitrogen and oxygen atoms in total. The van der Waals surface area contributed by atoms with E-state index in [0.717, 1.165) is 10.5 Å². The second-order valence-corrected chi connectivity index (χ2v) is 5.33. The topological polar surface area (TPSA) is 24.9 Å². The summed E-state index contributed by atoms with van der Waals surface area (Å²) in [4.78, 5) is 4.66. The van der Waals surface area contributed by atoms with Gasteiger partial charge in [-0.3, -0.25) is 0 Å². The van der Waals surface area contributed by atoms with Gasteiger partial charge in [0.2, 0.25) is 0 Å². The second-order valence-electron chi connectivity index (χ2n) is 4.30. The van der Waals surface area contributed by atoms with Crippen LogP contribution in [0.5, 0.6) is 0 Å². The Bertz CT molecular complexity index is 626. The third-order valence-corrected chi connectivity index (χ3v) is 3.74. The lowest BCUT2D eigenvalue weighted by molar-refractivity contribution is 1.02. The van der Waals surface area contributed by atoms with Crippen LogP contribution in [0.1, 0.15) is 26.8 Å². The predicted octanol–water partition coefficient (Wildman–Crippen LogP) is 5.77. The highest BCUT2D eigenvalue weighted by Gasteiger charge is 2.06. The van der Waals surface area contributed by atoms with Gasteiger partial charge in [-0.1, -0.05) is 57.7 Å². The van der Waals surface area contributed by atoms with Gasteiger partial charge >= 0.3 is 0 Å². The maximum atomic E-state index is 4.66. The molecular weight excluding hydrogens is 288 g/mol. The van der Waals surface area contributed by atoms with Gasteiger partial charge in [-0.05, 0) is 38.7 Å². The Morgan fingerprint density at radius 3 is 2.05 bits per heavy atom. The van der Waals surface area contributed by atoms with Crippen LogP contribution >= 0.6 is 11.3 Å². The predicted molar refractivity (Wildman–Crippen MR) is 103 cm³/mol. The molecule has 0 saturated heterocycles. The number of hydrogen-bond donors (Lipinski definition) is 1. The molecule has 120 valence electrons. The van der Waals surface area contributed by atoms with Crippen LogP contribution in [0.2, 0.25) is 0 Å². The maximum Gasteiger partial charge on any atom is 0.124 e. The molecule has 0 atom stereocenters. The number of aryl methyl sites for hydroxylation is 1. The average Bonchev–Trinajstić information content (AvgIpc) is 2.94. The fraction of sp³-hybridized carbons (Fsp3) is 0.316. The minimum atomic E-state index is 0. The Labute approximate surface area is 139 Å². The summed E-state index contributed by atoms with van der Waals surface area (Å²) in [6.07, 6.45) is 0. The quantitative estimate of drug-likeness (QED) is 0.616.